The molecule has 1 atom stereocenters. The highest BCUT2D eigenvalue weighted by molar-refractivity contribution is 6.04. The minimum Gasteiger partial charge on any atom is -0.457 e. The molecule has 2 aliphatic heterocycles. The quantitative estimate of drug-likeness (QED) is 0.714. The first kappa shape index (κ1) is 9.83. The van der Waals surface area contributed by atoms with E-state index in [1.165, 1.54) is 0 Å². The summed E-state index contributed by atoms with van der Waals surface area (Å²) in [6, 6.07) is 0.390. The number of fused-ring (bicyclic) bond motifs is 1. The van der Waals surface area contributed by atoms with Crippen LogP contribution in [0.4, 0.5) is 10.5 Å². The monoisotopic (exact) mass is 231 g/mol. The van der Waals surface area contributed by atoms with E-state index in [4.69, 9.17) is 4.42 Å². The van der Waals surface area contributed by atoms with E-state index >= 15 is 0 Å². The van der Waals surface area contributed by atoms with Gasteiger partial charge in [0.15, 0.2) is 11.8 Å². The summed E-state index contributed by atoms with van der Waals surface area (Å²) in [6.07, 6.45) is 6.23. The number of nitrogens with zero attached hydrogens (tertiary/aromatic N) is 1. The van der Waals surface area contributed by atoms with E-state index in [9.17, 15) is 9.59 Å². The summed E-state index contributed by atoms with van der Waals surface area (Å²) in [5, 5.41) is 4.63. The normalized spacial score (nSPS) is 22.0. The highest BCUT2D eigenvalue weighted by Crippen LogP contribution is 2.31. The van der Waals surface area contributed by atoms with Crippen LogP contribution in [0.1, 0.15) is 24.0 Å². The van der Waals surface area contributed by atoms with Gasteiger partial charge in [0.1, 0.15) is 11.4 Å². The third-order valence-corrected chi connectivity index (χ3v) is 2.56. The van der Waals surface area contributed by atoms with E-state index in [2.05, 4.69) is 15.6 Å². The number of carbonyl (C=O) groups excluding carboxylic acids is 2. The van der Waals surface area contributed by atoms with Gasteiger partial charge in [-0.15, -0.1) is 0 Å². The van der Waals surface area contributed by atoms with Crippen molar-refractivity contribution in [1.29, 1.82) is 0 Å². The number of imide groups is 1. The molecule has 0 radical (unpaired) electrons. The number of carbonyl (C=O) groups is 2. The average molecular weight is 231 g/mol. The minimum atomic E-state index is -0.766. The SMILES string of the molecule is O=C1NC(=O)C(c2cc3c(o2)C=CCC=N3)N1. The number of nitrogens with one attached hydrogen (secondary N) is 2. The van der Waals surface area contributed by atoms with Crippen LogP contribution in [-0.2, 0) is 4.79 Å². The van der Waals surface area contributed by atoms with Crippen molar-refractivity contribution in [3.8, 4) is 0 Å². The molecule has 0 aliphatic carbocycles. The first-order valence-corrected chi connectivity index (χ1v) is 5.18. The summed E-state index contributed by atoms with van der Waals surface area (Å²) >= 11 is 0. The number of aliphatic imine (C=N–C) groups is 1. The summed E-state index contributed by atoms with van der Waals surface area (Å²) in [4.78, 5) is 26.7. The van der Waals surface area contributed by atoms with E-state index in [0.29, 0.717) is 17.2 Å². The molecule has 3 rings (SSSR count). The molecule has 2 N–H and O–H groups in total. The molecule has 17 heavy (non-hydrogen) atoms. The van der Waals surface area contributed by atoms with Gasteiger partial charge in [0.25, 0.3) is 5.91 Å². The van der Waals surface area contributed by atoms with Crippen LogP contribution in [0.3, 0.4) is 0 Å². The van der Waals surface area contributed by atoms with E-state index in [1.807, 2.05) is 6.08 Å². The molecule has 3 amide bonds. The van der Waals surface area contributed by atoms with Crippen molar-refractivity contribution in [2.75, 3.05) is 0 Å². The Bertz CT molecular complexity index is 527. The lowest BCUT2D eigenvalue weighted by Crippen LogP contribution is -2.22. The van der Waals surface area contributed by atoms with Gasteiger partial charge in [-0.25, -0.2) is 4.79 Å². The van der Waals surface area contributed by atoms with Crippen molar-refractivity contribution in [3.63, 3.8) is 0 Å². The van der Waals surface area contributed by atoms with E-state index in [0.717, 1.165) is 6.42 Å². The van der Waals surface area contributed by atoms with Crippen LogP contribution in [-0.4, -0.2) is 18.2 Å². The maximum Gasteiger partial charge on any atom is 0.322 e. The number of amides is 3. The highest BCUT2D eigenvalue weighted by Gasteiger charge is 2.34. The average Bonchev–Trinajstić information content (AvgIpc) is 2.76. The predicted octanol–water partition coefficient (Wildman–Crippen LogP) is 1.28. The van der Waals surface area contributed by atoms with Gasteiger partial charge in [-0.3, -0.25) is 15.1 Å². The number of hydrogen-bond acceptors (Lipinski definition) is 4. The van der Waals surface area contributed by atoms with Gasteiger partial charge in [-0.2, -0.15) is 0 Å². The molecule has 1 aromatic heterocycles. The Balaban J connectivity index is 1.98. The molecule has 1 fully saturated rings. The molecule has 2 aliphatic rings. The Morgan fingerprint density at radius 1 is 1.41 bits per heavy atom. The Labute approximate surface area is 96.4 Å². The van der Waals surface area contributed by atoms with Gasteiger partial charge in [-0.05, 0) is 6.08 Å². The zero-order chi connectivity index (χ0) is 11.8. The number of furan rings is 1. The smallest absolute Gasteiger partial charge is 0.322 e. The summed E-state index contributed by atoms with van der Waals surface area (Å²) in [6.45, 7) is 0. The van der Waals surface area contributed by atoms with Gasteiger partial charge >= 0.3 is 6.03 Å². The van der Waals surface area contributed by atoms with Gasteiger partial charge in [0.2, 0.25) is 0 Å². The second-order valence-corrected chi connectivity index (χ2v) is 3.74. The van der Waals surface area contributed by atoms with Crippen molar-refractivity contribution >= 4 is 29.9 Å². The molecule has 6 heteroatoms. The molecular formula is C11H9N3O3. The number of allylic oxidation sites excluding steroid dienone is 1. The van der Waals surface area contributed by atoms with E-state index in [-0.39, 0.29) is 0 Å². The van der Waals surface area contributed by atoms with Gasteiger partial charge in [0, 0.05) is 18.7 Å². The van der Waals surface area contributed by atoms with E-state index in [1.54, 1.807) is 18.4 Å². The Hall–Kier alpha value is -2.37. The third-order valence-electron chi connectivity index (χ3n) is 2.56. The minimum absolute atomic E-state index is 0.391. The second kappa shape index (κ2) is 3.58. The van der Waals surface area contributed by atoms with Crippen LogP contribution in [0.2, 0.25) is 0 Å². The zero-order valence-corrected chi connectivity index (χ0v) is 8.77. The van der Waals surface area contributed by atoms with Crippen molar-refractivity contribution < 1.29 is 14.0 Å². The lowest BCUT2D eigenvalue weighted by atomic mass is 10.2. The first-order chi connectivity index (χ1) is 8.24. The lowest BCUT2D eigenvalue weighted by Gasteiger charge is -2.01. The topological polar surface area (TPSA) is 83.7 Å². The molecule has 6 nitrogen and oxygen atoms in total. The van der Waals surface area contributed by atoms with Gasteiger partial charge in [0.05, 0.1) is 0 Å². The van der Waals surface area contributed by atoms with Crippen LogP contribution < -0.4 is 10.6 Å². The third kappa shape index (κ3) is 1.63. The molecule has 0 spiro atoms. The molecule has 0 bridgehead atoms. The van der Waals surface area contributed by atoms with Crippen LogP contribution in [0, 0.1) is 0 Å². The van der Waals surface area contributed by atoms with Crippen LogP contribution in [0.25, 0.3) is 6.08 Å². The van der Waals surface area contributed by atoms with Crippen molar-refractivity contribution in [1.82, 2.24) is 10.6 Å². The molecule has 0 saturated carbocycles. The van der Waals surface area contributed by atoms with Crippen LogP contribution >= 0.6 is 0 Å². The fourth-order valence-electron chi connectivity index (χ4n) is 1.78. The maximum absolute atomic E-state index is 11.5. The fraction of sp³-hybridized carbons (Fsp3) is 0.182. The molecule has 86 valence electrons. The summed E-state index contributed by atoms with van der Waals surface area (Å²) in [5.74, 6) is 0.580. The van der Waals surface area contributed by atoms with Gasteiger partial charge < -0.3 is 9.73 Å². The van der Waals surface area contributed by atoms with Crippen LogP contribution in [0.15, 0.2) is 21.6 Å². The Morgan fingerprint density at radius 3 is 3.06 bits per heavy atom. The van der Waals surface area contributed by atoms with Crippen molar-refractivity contribution in [2.24, 2.45) is 4.99 Å². The summed E-state index contributed by atoms with van der Waals surface area (Å²) in [7, 11) is 0. The molecule has 1 unspecified atom stereocenters. The van der Waals surface area contributed by atoms with Gasteiger partial charge in [-0.1, -0.05) is 6.08 Å². The zero-order valence-electron chi connectivity index (χ0n) is 8.77. The molecule has 1 aromatic rings. The highest BCUT2D eigenvalue weighted by atomic mass is 16.3. The van der Waals surface area contributed by atoms with E-state index < -0.39 is 18.0 Å². The maximum atomic E-state index is 11.5. The molecule has 3 heterocycles. The first-order valence-electron chi connectivity index (χ1n) is 5.18. The fourth-order valence-corrected chi connectivity index (χ4v) is 1.78. The molecular weight excluding hydrogens is 222 g/mol. The largest absolute Gasteiger partial charge is 0.457 e. The molecule has 0 aromatic carbocycles. The standard InChI is InChI=1S/C11H9N3O3/c15-10-9(13-11(16)14-10)8-5-6-7(17-8)3-1-2-4-12-6/h1,3-5,9H,2H2,(H2,13,14,15,16). The van der Waals surface area contributed by atoms with Crippen molar-refractivity contribution in [3.05, 3.63) is 23.7 Å². The number of urea groups is 1. The summed E-state index contributed by atoms with van der Waals surface area (Å²) < 4.78 is 5.51. The predicted molar refractivity (Wildman–Crippen MR) is 59.9 cm³/mol. The molecule has 1 saturated heterocycles. The van der Waals surface area contributed by atoms with Crippen molar-refractivity contribution in [2.45, 2.75) is 12.5 Å². The lowest BCUT2D eigenvalue weighted by molar-refractivity contribution is -0.120. The number of hydrogen-bond donors (Lipinski definition) is 2. The number of rotatable bonds is 1. The summed E-state index contributed by atoms with van der Waals surface area (Å²) in [5.41, 5.74) is 0.669. The Morgan fingerprint density at radius 2 is 2.29 bits per heavy atom. The Kier molecular flexibility index (Phi) is 2.07. The van der Waals surface area contributed by atoms with Crippen LogP contribution in [0.5, 0.6) is 0 Å². The second-order valence-electron chi connectivity index (χ2n) is 3.74.